The van der Waals surface area contributed by atoms with Crippen molar-refractivity contribution in [3.63, 3.8) is 0 Å². The summed E-state index contributed by atoms with van der Waals surface area (Å²) in [7, 11) is 0.835. The monoisotopic (exact) mass is 1120 g/mol. The van der Waals surface area contributed by atoms with Gasteiger partial charge in [0.05, 0.1) is 30.9 Å². The maximum Gasteiger partial charge on any atom is 0.351 e. The number of aromatic nitrogens is 2. The van der Waals surface area contributed by atoms with Crippen LogP contribution in [0.3, 0.4) is 0 Å². The fourth-order valence-electron chi connectivity index (χ4n) is 8.18. The van der Waals surface area contributed by atoms with Crippen LogP contribution in [0.25, 0.3) is 0 Å². The van der Waals surface area contributed by atoms with Gasteiger partial charge < -0.3 is 62.7 Å². The Bertz CT molecular complexity index is 2970. The number of benzene rings is 3. The Morgan fingerprint density at radius 3 is 1.85 bits per heavy atom. The molecule has 1 aromatic heterocycles. The van der Waals surface area contributed by atoms with Crippen molar-refractivity contribution in [1.29, 1.82) is 0 Å². The second-order valence-corrected chi connectivity index (χ2v) is 21.0. The molecule has 26 nitrogen and oxygen atoms in total. The van der Waals surface area contributed by atoms with Crippen LogP contribution in [0.15, 0.2) is 108 Å². The third-order valence-corrected chi connectivity index (χ3v) is 14.6. The first-order chi connectivity index (χ1) is 37.0. The van der Waals surface area contributed by atoms with E-state index in [1.54, 1.807) is 30.3 Å². The highest BCUT2D eigenvalue weighted by atomic mass is 32.7. The van der Waals surface area contributed by atoms with Crippen LogP contribution < -0.4 is 21.2 Å². The third kappa shape index (κ3) is 15.7. The second-order valence-electron chi connectivity index (χ2n) is 17.1. The quantitative estimate of drug-likeness (QED) is 0.0688. The Labute approximate surface area is 447 Å². The molecule has 3 heterocycles. The average molecular weight is 1120 g/mol. The van der Waals surface area contributed by atoms with E-state index in [0.717, 1.165) is 52.5 Å². The van der Waals surface area contributed by atoms with Crippen molar-refractivity contribution >= 4 is 77.6 Å². The zero-order valence-corrected chi connectivity index (χ0v) is 44.1. The molecule has 1 unspecified atom stereocenters. The number of methoxy groups -OCH3 is 1. The highest BCUT2D eigenvalue weighted by molar-refractivity contribution is 8.55. The summed E-state index contributed by atoms with van der Waals surface area (Å²) in [5.74, 6) is -9.26. The number of nitrogens with one attached hydrogen (secondary N) is 2. The molecule has 11 atom stereocenters. The summed E-state index contributed by atoms with van der Waals surface area (Å²) in [6.45, 7) is -2.93. The molecule has 6 rings (SSSR count). The number of hydrogen-bond donors (Lipinski definition) is 2. The van der Waals surface area contributed by atoms with Crippen molar-refractivity contribution in [2.24, 2.45) is 0 Å². The van der Waals surface area contributed by atoms with Crippen molar-refractivity contribution in [3.8, 4) is 0 Å². The van der Waals surface area contributed by atoms with Crippen LogP contribution in [0.5, 0.6) is 0 Å². The first kappa shape index (κ1) is 59.4. The number of esters is 7. The molecule has 2 aliphatic heterocycles. The molecule has 3 aromatic carbocycles. The fourth-order valence-corrected chi connectivity index (χ4v) is 11.5. The molecule has 4 aromatic rings. The van der Waals surface area contributed by atoms with Crippen molar-refractivity contribution in [2.75, 3.05) is 25.6 Å². The van der Waals surface area contributed by atoms with Crippen LogP contribution >= 0.6 is 18.2 Å². The van der Waals surface area contributed by atoms with E-state index >= 15 is 0 Å². The molecular weight excluding hydrogens is 1070 g/mol. The lowest BCUT2D eigenvalue weighted by atomic mass is 9.89. The van der Waals surface area contributed by atoms with Crippen LogP contribution in [0.1, 0.15) is 78.3 Å². The van der Waals surface area contributed by atoms with Crippen molar-refractivity contribution < 1.29 is 99.8 Å². The molecule has 0 bridgehead atoms. The number of amides is 2. The Hall–Kier alpha value is -7.81. The molecule has 0 aliphatic carbocycles. The molecule has 28 heteroatoms. The fraction of sp³-hybridized carbons (Fsp3) is 0.380. The molecule has 0 saturated carbocycles. The smallest absolute Gasteiger partial charge is 0.351 e. The number of carbonyl (C=O) groups excluding carboxylic acids is 9. The minimum atomic E-state index is -5.77. The molecule has 0 radical (unpaired) electrons. The number of ether oxygens (including phenoxy) is 9. The maximum absolute atomic E-state index is 14.6. The first-order valence-electron chi connectivity index (χ1n) is 23.5. The SMILES string of the molecule is COC(=O)[C@]1(SP(=O)([O-])OC[C@H]2O[C@@H](n3ccc(NC(=O)c4ccccc4)nc3=O)[C@H](OC(=O)c3ccccc3)[C@@H]2OC(=O)c2ccccc2)C[C@H](OC(C)=O)[C@@H](NC(C)=O)[C@H]([C@H](OC(C)=O)[C@@H](COC(C)=O)OC(C)=O)O1. The van der Waals surface area contributed by atoms with Crippen LogP contribution in [-0.2, 0) is 80.5 Å². The number of hydrogen-bond acceptors (Lipinski definition) is 24. The summed E-state index contributed by atoms with van der Waals surface area (Å²) in [6, 6.07) is 22.4. The highest BCUT2D eigenvalue weighted by Crippen LogP contribution is 2.62. The van der Waals surface area contributed by atoms with Gasteiger partial charge in [-0.15, -0.1) is 0 Å². The number of carbonyl (C=O) groups is 9. The van der Waals surface area contributed by atoms with Gasteiger partial charge in [0, 0.05) is 52.8 Å². The van der Waals surface area contributed by atoms with Gasteiger partial charge in [0.1, 0.15) is 30.7 Å². The van der Waals surface area contributed by atoms with Crippen LogP contribution in [0.2, 0.25) is 0 Å². The lowest BCUT2D eigenvalue weighted by molar-refractivity contribution is -0.224. The van der Waals surface area contributed by atoms with E-state index in [4.69, 9.17) is 47.2 Å². The summed E-state index contributed by atoms with van der Waals surface area (Å²) in [5, 5.41) is 4.97. The first-order valence-corrected chi connectivity index (χ1v) is 26.4. The van der Waals surface area contributed by atoms with Crippen LogP contribution in [0, 0.1) is 0 Å². The molecule has 2 N–H and O–H groups in total. The third-order valence-electron chi connectivity index (χ3n) is 11.3. The molecule has 2 amide bonds. The number of rotatable bonds is 21. The standard InChI is InChI=1S/C50H53N4O22PS/c1-27(55)51-39-35(70-29(3)57)24-50(48(63)67-6,76-42(39)40(72-31(5)59)36(71-30(4)58)25-68-28(2)56)78-77(65,66)69-26-37-41(74-46(61)33-18-12-8-13-19-33)43(75-47(62)34-20-14-9-15-21-34)45(73-37)54-23-22-38(53-49(54)64)52-44(60)32-16-10-7-11-17-32/h7-23,35-37,39-43,45H,24-26H2,1-6H3,(H,51,55)(H,65,66)(H,52,53,60,64)/p-1/t35-,36+,37+,39+,40+,41+,42+,43+,45+,50+/m0/s1. The summed E-state index contributed by atoms with van der Waals surface area (Å²) in [6.07, 6.45) is -14.7. The molecule has 78 heavy (non-hydrogen) atoms. The molecule has 2 aliphatic rings. The molecule has 0 spiro atoms. The maximum atomic E-state index is 14.6. The van der Waals surface area contributed by atoms with Gasteiger partial charge >= 0.3 is 47.5 Å². The van der Waals surface area contributed by atoms with E-state index < -0.39 is 146 Å². The lowest BCUT2D eigenvalue weighted by Crippen LogP contribution is -2.68. The van der Waals surface area contributed by atoms with E-state index in [0.29, 0.717) is 0 Å². The lowest BCUT2D eigenvalue weighted by Gasteiger charge is -2.49. The van der Waals surface area contributed by atoms with Gasteiger partial charge in [-0.25, -0.2) is 19.2 Å². The topological polar surface area (TPSA) is 345 Å². The summed E-state index contributed by atoms with van der Waals surface area (Å²) in [4.78, 5) is 147. The van der Waals surface area contributed by atoms with E-state index in [1.165, 1.54) is 66.7 Å². The van der Waals surface area contributed by atoms with Crippen LogP contribution in [-0.4, -0.2) is 137 Å². The van der Waals surface area contributed by atoms with Crippen molar-refractivity contribution in [1.82, 2.24) is 14.9 Å². The summed E-state index contributed by atoms with van der Waals surface area (Å²) < 4.78 is 71.8. The van der Waals surface area contributed by atoms with Gasteiger partial charge in [-0.05, 0) is 53.8 Å². The molecule has 416 valence electrons. The summed E-state index contributed by atoms with van der Waals surface area (Å²) in [5.41, 5.74) is -0.916. The van der Waals surface area contributed by atoms with E-state index in [2.05, 4.69) is 15.6 Å². The minimum absolute atomic E-state index is 0.0119. The summed E-state index contributed by atoms with van der Waals surface area (Å²) >= 11 is -0.358. The number of anilines is 1. The Morgan fingerprint density at radius 2 is 1.33 bits per heavy atom. The van der Waals surface area contributed by atoms with E-state index in [1.807, 2.05) is 0 Å². The largest absolute Gasteiger partial charge is 0.770 e. The van der Waals surface area contributed by atoms with Crippen molar-refractivity contribution in [2.45, 2.75) is 101 Å². The van der Waals surface area contributed by atoms with E-state index in [-0.39, 0.29) is 33.9 Å². The normalized spacial score (nSPS) is 23.1. The van der Waals surface area contributed by atoms with Crippen LogP contribution in [0.4, 0.5) is 5.82 Å². The Kier molecular flexibility index (Phi) is 20.2. The average Bonchev–Trinajstić information content (AvgIpc) is 3.83. The molecular formula is C50H52N4O22PS-. The predicted molar refractivity (Wildman–Crippen MR) is 264 cm³/mol. The van der Waals surface area contributed by atoms with Gasteiger partial charge in [-0.1, -0.05) is 54.6 Å². The van der Waals surface area contributed by atoms with Gasteiger partial charge in [0.25, 0.3) is 5.91 Å². The van der Waals surface area contributed by atoms with Gasteiger partial charge in [-0.2, -0.15) is 4.98 Å². The van der Waals surface area contributed by atoms with Gasteiger partial charge in [0.15, 0.2) is 37.4 Å². The zero-order valence-electron chi connectivity index (χ0n) is 42.4. The van der Waals surface area contributed by atoms with Gasteiger partial charge in [0.2, 0.25) is 10.8 Å². The predicted octanol–water partition coefficient (Wildman–Crippen LogP) is 2.58. The Balaban J connectivity index is 1.41. The van der Waals surface area contributed by atoms with Gasteiger partial charge in [-0.3, -0.25) is 37.9 Å². The van der Waals surface area contributed by atoms with Crippen molar-refractivity contribution in [3.05, 3.63) is 130 Å². The Morgan fingerprint density at radius 1 is 0.769 bits per heavy atom. The van der Waals surface area contributed by atoms with E-state index in [9.17, 15) is 57.4 Å². The highest BCUT2D eigenvalue weighted by Gasteiger charge is 2.60. The minimum Gasteiger partial charge on any atom is -0.770 e. The molecule has 2 fully saturated rings. The number of nitrogens with zero attached hydrogens (tertiary/aromatic N) is 2. The molecule has 2 saturated heterocycles. The zero-order chi connectivity index (χ0) is 56.9. The second kappa shape index (κ2) is 26.5.